The summed E-state index contributed by atoms with van der Waals surface area (Å²) in [6, 6.07) is 6.08. The Morgan fingerprint density at radius 2 is 2.00 bits per heavy atom. The van der Waals surface area contributed by atoms with Crippen LogP contribution in [-0.4, -0.2) is 40.7 Å². The minimum Gasteiger partial charge on any atom is -0.355 e. The highest BCUT2D eigenvalue weighted by molar-refractivity contribution is 6.30. The van der Waals surface area contributed by atoms with Gasteiger partial charge in [-0.1, -0.05) is 11.6 Å². The molecule has 0 bridgehead atoms. The number of amidine groups is 1. The van der Waals surface area contributed by atoms with E-state index in [1.54, 1.807) is 0 Å². The molecule has 9 heteroatoms. The first kappa shape index (κ1) is 14.6. The predicted molar refractivity (Wildman–Crippen MR) is 64.9 cm³/mol. The second kappa shape index (κ2) is 5.29. The third kappa shape index (κ3) is 3.02. The number of Topliss-reactive ketones (excluding diaryl/α,β-unsaturated/α-hetero) is 1. The lowest BCUT2D eigenvalue weighted by atomic mass is 10.2. The molecule has 0 spiro atoms. The Kier molecular flexibility index (Phi) is 3.87. The number of nitrogens with one attached hydrogen (secondary N) is 1. The van der Waals surface area contributed by atoms with E-state index in [1.165, 1.54) is 24.3 Å². The summed E-state index contributed by atoms with van der Waals surface area (Å²) in [7, 11) is 0. The summed E-state index contributed by atoms with van der Waals surface area (Å²) in [5.41, 5.74) is 2.63. The van der Waals surface area contributed by atoms with Crippen molar-refractivity contribution in [3.05, 3.63) is 34.9 Å². The van der Waals surface area contributed by atoms with Crippen molar-refractivity contribution in [2.45, 2.75) is 12.5 Å². The molecule has 0 amide bonds. The number of rotatable bonds is 3. The first-order valence-corrected chi connectivity index (χ1v) is 5.81. The molecule has 0 aromatic heterocycles. The normalized spacial score (nSPS) is 18.8. The van der Waals surface area contributed by atoms with Crippen LogP contribution in [0.5, 0.6) is 0 Å². The van der Waals surface area contributed by atoms with E-state index in [2.05, 4.69) is 10.5 Å². The van der Waals surface area contributed by atoms with Gasteiger partial charge in [0, 0.05) is 10.6 Å². The van der Waals surface area contributed by atoms with Gasteiger partial charge in [-0.05, 0) is 24.3 Å². The minimum absolute atomic E-state index is 0.0340. The Morgan fingerprint density at radius 1 is 1.40 bits per heavy atom. The lowest BCUT2D eigenvalue weighted by molar-refractivity contribution is -0.172. The highest BCUT2D eigenvalue weighted by Gasteiger charge is 2.41. The summed E-state index contributed by atoms with van der Waals surface area (Å²) in [5.74, 6) is -1.94. The van der Waals surface area contributed by atoms with E-state index in [9.17, 15) is 23.1 Å². The standard InChI is InChI=1S/C11H9ClF3N3O2/c12-7-3-1-6(2-4-7)9-16-17-10(20)18(9)5-8(19)11(13,14)15/h1-4,10,17,20H,5H2. The van der Waals surface area contributed by atoms with Crippen molar-refractivity contribution >= 4 is 23.2 Å². The van der Waals surface area contributed by atoms with Crippen molar-refractivity contribution in [3.8, 4) is 0 Å². The van der Waals surface area contributed by atoms with Crippen molar-refractivity contribution in [2.24, 2.45) is 5.10 Å². The molecule has 1 aliphatic heterocycles. The molecule has 0 aliphatic carbocycles. The number of carbonyl (C=O) groups is 1. The van der Waals surface area contributed by atoms with Gasteiger partial charge in [0.2, 0.25) is 6.35 Å². The predicted octanol–water partition coefficient (Wildman–Crippen LogP) is 1.31. The number of hydrazone groups is 1. The molecular weight excluding hydrogens is 299 g/mol. The number of nitrogens with zero attached hydrogens (tertiary/aromatic N) is 2. The van der Waals surface area contributed by atoms with Crippen LogP contribution in [-0.2, 0) is 4.79 Å². The summed E-state index contributed by atoms with van der Waals surface area (Å²) in [5, 5.41) is 13.7. The Bertz CT molecular complexity index is 545. The molecule has 0 radical (unpaired) electrons. The Morgan fingerprint density at radius 3 is 2.55 bits per heavy atom. The highest BCUT2D eigenvalue weighted by Crippen LogP contribution is 2.20. The van der Waals surface area contributed by atoms with Gasteiger partial charge in [0.1, 0.15) is 0 Å². The van der Waals surface area contributed by atoms with Crippen molar-refractivity contribution in [2.75, 3.05) is 6.54 Å². The second-order valence-electron chi connectivity index (χ2n) is 3.99. The minimum atomic E-state index is -4.96. The second-order valence-corrected chi connectivity index (χ2v) is 4.43. The zero-order valence-corrected chi connectivity index (χ0v) is 10.6. The Balaban J connectivity index is 2.21. The molecule has 5 nitrogen and oxygen atoms in total. The fourth-order valence-corrected chi connectivity index (χ4v) is 1.73. The van der Waals surface area contributed by atoms with Crippen LogP contribution >= 0.6 is 11.6 Å². The fourth-order valence-electron chi connectivity index (χ4n) is 1.60. The average molecular weight is 308 g/mol. The van der Waals surface area contributed by atoms with Crippen LogP contribution in [0.25, 0.3) is 0 Å². The van der Waals surface area contributed by atoms with E-state index in [4.69, 9.17) is 11.6 Å². The molecule has 2 N–H and O–H groups in total. The van der Waals surface area contributed by atoms with Crippen LogP contribution in [0, 0.1) is 0 Å². The summed E-state index contributed by atoms with van der Waals surface area (Å²) in [6.07, 6.45) is -6.46. The molecule has 0 fully saturated rings. The molecule has 1 atom stereocenters. The maximum absolute atomic E-state index is 12.3. The van der Waals surface area contributed by atoms with Crippen molar-refractivity contribution < 1.29 is 23.1 Å². The van der Waals surface area contributed by atoms with Gasteiger partial charge >= 0.3 is 6.18 Å². The number of hydrogen-bond donors (Lipinski definition) is 2. The molecule has 1 heterocycles. The first-order chi connectivity index (χ1) is 9.29. The third-order valence-corrected chi connectivity index (χ3v) is 2.84. The van der Waals surface area contributed by atoms with E-state index >= 15 is 0 Å². The SMILES string of the molecule is O=C(CN1C(c2ccc(Cl)cc2)=NNC1O)C(F)(F)F. The molecular formula is C11H9ClF3N3O2. The van der Waals surface area contributed by atoms with E-state index in [-0.39, 0.29) is 5.84 Å². The maximum Gasteiger partial charge on any atom is 0.451 e. The topological polar surface area (TPSA) is 64.9 Å². The number of aliphatic hydroxyl groups is 1. The molecule has 1 unspecified atom stereocenters. The highest BCUT2D eigenvalue weighted by atomic mass is 35.5. The molecule has 1 aliphatic rings. The van der Waals surface area contributed by atoms with Gasteiger partial charge in [-0.15, -0.1) is 0 Å². The van der Waals surface area contributed by atoms with Gasteiger partial charge in [0.25, 0.3) is 5.78 Å². The summed E-state index contributed by atoms with van der Waals surface area (Å²) in [4.78, 5) is 11.8. The average Bonchev–Trinajstić information content (AvgIpc) is 2.71. The number of halogens is 4. The molecule has 2 rings (SSSR count). The summed E-state index contributed by atoms with van der Waals surface area (Å²) < 4.78 is 36.8. The molecule has 1 aromatic carbocycles. The molecule has 0 saturated heterocycles. The largest absolute Gasteiger partial charge is 0.451 e. The number of alkyl halides is 3. The number of benzene rings is 1. The van der Waals surface area contributed by atoms with Crippen LogP contribution in [0.2, 0.25) is 5.02 Å². The van der Waals surface area contributed by atoms with Gasteiger partial charge in [-0.2, -0.15) is 18.3 Å². The van der Waals surface area contributed by atoms with Crippen LogP contribution < -0.4 is 5.43 Å². The van der Waals surface area contributed by atoms with Gasteiger partial charge in [0.15, 0.2) is 5.84 Å². The summed E-state index contributed by atoms with van der Waals surface area (Å²) in [6.45, 7) is -1.03. The maximum atomic E-state index is 12.3. The monoisotopic (exact) mass is 307 g/mol. The number of carbonyl (C=O) groups excluding carboxylic acids is 1. The fraction of sp³-hybridized carbons (Fsp3) is 0.273. The third-order valence-electron chi connectivity index (χ3n) is 2.59. The van der Waals surface area contributed by atoms with Crippen molar-refractivity contribution in [1.29, 1.82) is 0 Å². The smallest absolute Gasteiger partial charge is 0.355 e. The number of ketones is 1. The molecule has 20 heavy (non-hydrogen) atoms. The van der Waals surface area contributed by atoms with Gasteiger partial charge < -0.3 is 10.0 Å². The Labute approximate surface area is 116 Å². The van der Waals surface area contributed by atoms with Crippen molar-refractivity contribution in [3.63, 3.8) is 0 Å². The molecule has 108 valence electrons. The van der Waals surface area contributed by atoms with E-state index in [0.717, 1.165) is 4.90 Å². The van der Waals surface area contributed by atoms with Gasteiger partial charge in [0.05, 0.1) is 6.54 Å². The first-order valence-electron chi connectivity index (χ1n) is 5.43. The van der Waals surface area contributed by atoms with Crippen molar-refractivity contribution in [1.82, 2.24) is 10.3 Å². The van der Waals surface area contributed by atoms with E-state index in [1.807, 2.05) is 0 Å². The van der Waals surface area contributed by atoms with Gasteiger partial charge in [-0.3, -0.25) is 10.2 Å². The summed E-state index contributed by atoms with van der Waals surface area (Å²) >= 11 is 5.71. The quantitative estimate of drug-likeness (QED) is 0.884. The number of hydrogen-bond acceptors (Lipinski definition) is 5. The van der Waals surface area contributed by atoms with E-state index < -0.39 is 24.9 Å². The van der Waals surface area contributed by atoms with Crippen LogP contribution in [0.3, 0.4) is 0 Å². The van der Waals surface area contributed by atoms with Crippen LogP contribution in [0.1, 0.15) is 5.56 Å². The lowest BCUT2D eigenvalue weighted by Gasteiger charge is -2.23. The van der Waals surface area contributed by atoms with Crippen LogP contribution in [0.4, 0.5) is 13.2 Å². The van der Waals surface area contributed by atoms with Gasteiger partial charge in [-0.25, -0.2) is 0 Å². The van der Waals surface area contributed by atoms with Crippen LogP contribution in [0.15, 0.2) is 29.4 Å². The molecule has 0 saturated carbocycles. The molecule has 1 aromatic rings. The Hall–Kier alpha value is -1.80. The zero-order chi connectivity index (χ0) is 14.9. The lowest BCUT2D eigenvalue weighted by Crippen LogP contribution is -2.46. The number of aliphatic hydroxyl groups excluding tert-OH is 1. The van der Waals surface area contributed by atoms with E-state index in [0.29, 0.717) is 10.6 Å². The zero-order valence-electron chi connectivity index (χ0n) is 9.86.